The third-order valence-corrected chi connectivity index (χ3v) is 1.79. The van der Waals surface area contributed by atoms with E-state index in [0.29, 0.717) is 0 Å². The Morgan fingerprint density at radius 2 is 1.89 bits per heavy atom. The zero-order chi connectivity index (χ0) is 13.8. The molecule has 0 fully saturated rings. The van der Waals surface area contributed by atoms with Gasteiger partial charge in [-0.25, -0.2) is 4.79 Å². The number of alkyl halides is 3. The van der Waals surface area contributed by atoms with Crippen LogP contribution >= 0.6 is 11.6 Å². The highest BCUT2D eigenvalue weighted by atomic mass is 35.5. The van der Waals surface area contributed by atoms with Crippen molar-refractivity contribution < 1.29 is 27.8 Å². The summed E-state index contributed by atoms with van der Waals surface area (Å²) in [5.41, 5.74) is 2.51. The predicted octanol–water partition coefficient (Wildman–Crippen LogP) is 2.63. The molecule has 98 valence electrons. The number of hydrazone groups is 1. The van der Waals surface area contributed by atoms with Crippen LogP contribution in [0.1, 0.15) is 0 Å². The van der Waals surface area contributed by atoms with Crippen LogP contribution in [0.15, 0.2) is 29.4 Å². The number of hydrogen-bond donors (Lipinski definition) is 2. The van der Waals surface area contributed by atoms with Gasteiger partial charge in [-0.05, 0) is 24.3 Å². The van der Waals surface area contributed by atoms with Crippen LogP contribution in [0.2, 0.25) is 0 Å². The van der Waals surface area contributed by atoms with Crippen LogP contribution in [0.3, 0.4) is 0 Å². The molecule has 0 saturated carbocycles. The lowest BCUT2D eigenvalue weighted by Crippen LogP contribution is -2.17. The second-order valence-corrected chi connectivity index (χ2v) is 3.25. The molecule has 0 bridgehead atoms. The fraction of sp³-hybridized carbons (Fsp3) is 0.111. The zero-order valence-electron chi connectivity index (χ0n) is 8.53. The minimum Gasteiger partial charge on any atom is -0.476 e. The van der Waals surface area contributed by atoms with E-state index in [4.69, 9.17) is 16.7 Å². The van der Waals surface area contributed by atoms with Crippen LogP contribution in [0.25, 0.3) is 0 Å². The van der Waals surface area contributed by atoms with Crippen molar-refractivity contribution in [2.45, 2.75) is 6.36 Å². The molecular weight excluding hydrogens is 277 g/mol. The Kier molecular flexibility index (Phi) is 4.38. The van der Waals surface area contributed by atoms with Gasteiger partial charge in [-0.3, -0.25) is 5.43 Å². The first-order valence-corrected chi connectivity index (χ1v) is 4.74. The summed E-state index contributed by atoms with van der Waals surface area (Å²) in [5, 5.41) is 10.9. The molecule has 0 amide bonds. The molecule has 0 spiro atoms. The SMILES string of the molecule is O=C(O)/C(Cl)=N/Nc1ccc(OC(F)(F)F)cc1. The van der Waals surface area contributed by atoms with Gasteiger partial charge in [0.2, 0.25) is 5.17 Å². The molecule has 0 atom stereocenters. The standard InChI is InChI=1S/C9H6ClF3N2O3/c10-7(8(16)17)15-14-5-1-3-6(4-2-5)18-9(11,12)13/h1-4,14H,(H,16,17)/b15-7-. The summed E-state index contributed by atoms with van der Waals surface area (Å²) in [4.78, 5) is 10.3. The Labute approximate surface area is 104 Å². The maximum Gasteiger partial charge on any atom is 0.573 e. The van der Waals surface area contributed by atoms with Gasteiger partial charge in [0.25, 0.3) is 0 Å². The number of rotatable bonds is 4. The van der Waals surface area contributed by atoms with E-state index in [0.717, 1.165) is 12.1 Å². The molecule has 0 saturated heterocycles. The van der Waals surface area contributed by atoms with Crippen LogP contribution in [-0.4, -0.2) is 22.6 Å². The molecule has 0 aliphatic rings. The third-order valence-electron chi connectivity index (χ3n) is 1.55. The molecule has 1 rings (SSSR count). The van der Waals surface area contributed by atoms with E-state index in [1.54, 1.807) is 0 Å². The molecule has 0 aromatic heterocycles. The van der Waals surface area contributed by atoms with Gasteiger partial charge < -0.3 is 9.84 Å². The first-order valence-electron chi connectivity index (χ1n) is 4.36. The third kappa shape index (κ3) is 4.91. The van der Waals surface area contributed by atoms with Gasteiger partial charge >= 0.3 is 12.3 Å². The Morgan fingerprint density at radius 1 is 1.33 bits per heavy atom. The maximum atomic E-state index is 11.8. The van der Waals surface area contributed by atoms with Crippen LogP contribution in [0, 0.1) is 0 Å². The number of benzene rings is 1. The van der Waals surface area contributed by atoms with Gasteiger partial charge in [0.15, 0.2) is 0 Å². The van der Waals surface area contributed by atoms with Crippen LogP contribution in [0.5, 0.6) is 5.75 Å². The number of carboxylic acid groups (broad SMARTS) is 1. The highest BCUT2D eigenvalue weighted by molar-refractivity contribution is 6.81. The largest absolute Gasteiger partial charge is 0.573 e. The van der Waals surface area contributed by atoms with Crippen LogP contribution in [-0.2, 0) is 4.79 Å². The average molecular weight is 283 g/mol. The van der Waals surface area contributed by atoms with Gasteiger partial charge in [-0.1, -0.05) is 11.6 Å². The summed E-state index contributed by atoms with van der Waals surface area (Å²) in [7, 11) is 0. The molecule has 18 heavy (non-hydrogen) atoms. The molecule has 2 N–H and O–H groups in total. The molecular formula is C9H6ClF3N2O3. The van der Waals surface area contributed by atoms with Crippen molar-refractivity contribution >= 4 is 28.4 Å². The number of carbonyl (C=O) groups is 1. The van der Waals surface area contributed by atoms with Crippen LogP contribution < -0.4 is 10.2 Å². The van der Waals surface area contributed by atoms with Crippen molar-refractivity contribution in [2.75, 3.05) is 5.43 Å². The summed E-state index contributed by atoms with van der Waals surface area (Å²) < 4.78 is 39.2. The highest BCUT2D eigenvalue weighted by Crippen LogP contribution is 2.23. The molecule has 0 aliphatic carbocycles. The summed E-state index contributed by atoms with van der Waals surface area (Å²) >= 11 is 5.20. The lowest BCUT2D eigenvalue weighted by molar-refractivity contribution is -0.274. The average Bonchev–Trinajstić information content (AvgIpc) is 2.25. The Morgan fingerprint density at radius 3 is 2.33 bits per heavy atom. The van der Waals surface area contributed by atoms with E-state index in [1.165, 1.54) is 12.1 Å². The summed E-state index contributed by atoms with van der Waals surface area (Å²) in [6.07, 6.45) is -4.76. The van der Waals surface area contributed by atoms with Crippen molar-refractivity contribution in [2.24, 2.45) is 5.10 Å². The molecule has 0 aliphatic heterocycles. The molecule has 5 nitrogen and oxygen atoms in total. The quantitative estimate of drug-likeness (QED) is 0.658. The van der Waals surface area contributed by atoms with E-state index in [1.807, 2.05) is 0 Å². The van der Waals surface area contributed by atoms with Gasteiger partial charge in [-0.15, -0.1) is 13.2 Å². The molecule has 9 heteroatoms. The Hall–Kier alpha value is -1.96. The molecule has 1 aromatic carbocycles. The van der Waals surface area contributed by atoms with E-state index < -0.39 is 23.3 Å². The normalized spacial score (nSPS) is 12.1. The summed E-state index contributed by atoms with van der Waals surface area (Å²) in [5.74, 6) is -1.83. The number of hydrogen-bond acceptors (Lipinski definition) is 4. The first kappa shape index (κ1) is 14.1. The van der Waals surface area contributed by atoms with Crippen molar-refractivity contribution in [1.82, 2.24) is 0 Å². The van der Waals surface area contributed by atoms with Crippen molar-refractivity contribution in [3.05, 3.63) is 24.3 Å². The number of carboxylic acids is 1. The summed E-state index contributed by atoms with van der Waals surface area (Å²) in [6, 6.07) is 4.52. The van der Waals surface area contributed by atoms with Gasteiger partial charge in [0, 0.05) is 0 Å². The smallest absolute Gasteiger partial charge is 0.476 e. The van der Waals surface area contributed by atoms with E-state index in [2.05, 4.69) is 15.3 Å². The number of nitrogens with zero attached hydrogens (tertiary/aromatic N) is 1. The summed E-state index contributed by atoms with van der Waals surface area (Å²) in [6.45, 7) is 0. The predicted molar refractivity (Wildman–Crippen MR) is 57.7 cm³/mol. The minimum absolute atomic E-state index is 0.254. The number of halogens is 4. The highest BCUT2D eigenvalue weighted by Gasteiger charge is 2.30. The fourth-order valence-corrected chi connectivity index (χ4v) is 0.935. The first-order chi connectivity index (χ1) is 8.28. The van der Waals surface area contributed by atoms with E-state index in [-0.39, 0.29) is 5.69 Å². The van der Waals surface area contributed by atoms with E-state index in [9.17, 15) is 18.0 Å². The lowest BCUT2D eigenvalue weighted by atomic mass is 10.3. The molecule has 0 radical (unpaired) electrons. The number of anilines is 1. The number of ether oxygens (including phenoxy) is 1. The van der Waals surface area contributed by atoms with Gasteiger partial charge in [-0.2, -0.15) is 5.10 Å². The van der Waals surface area contributed by atoms with Gasteiger partial charge in [0.05, 0.1) is 5.69 Å². The zero-order valence-corrected chi connectivity index (χ0v) is 9.29. The maximum absolute atomic E-state index is 11.8. The second kappa shape index (κ2) is 5.58. The second-order valence-electron chi connectivity index (χ2n) is 2.89. The molecule has 0 unspecified atom stereocenters. The molecule has 1 aromatic rings. The Balaban J connectivity index is 2.66. The minimum atomic E-state index is -4.76. The lowest BCUT2D eigenvalue weighted by Gasteiger charge is -2.08. The Bertz CT molecular complexity index is 459. The topological polar surface area (TPSA) is 70.9 Å². The number of aliphatic carboxylic acids is 1. The van der Waals surface area contributed by atoms with Crippen molar-refractivity contribution in [1.29, 1.82) is 0 Å². The van der Waals surface area contributed by atoms with Crippen molar-refractivity contribution in [3.8, 4) is 5.75 Å². The van der Waals surface area contributed by atoms with E-state index >= 15 is 0 Å². The number of nitrogens with one attached hydrogen (secondary N) is 1. The van der Waals surface area contributed by atoms with Gasteiger partial charge in [0.1, 0.15) is 5.75 Å². The van der Waals surface area contributed by atoms with Crippen molar-refractivity contribution in [3.63, 3.8) is 0 Å². The van der Waals surface area contributed by atoms with Crippen LogP contribution in [0.4, 0.5) is 18.9 Å². The fourth-order valence-electron chi connectivity index (χ4n) is 0.893. The molecule has 0 heterocycles. The monoisotopic (exact) mass is 282 g/mol.